The minimum absolute atomic E-state index is 0.0269. The van der Waals surface area contributed by atoms with Gasteiger partial charge in [0.25, 0.3) is 5.92 Å². The third kappa shape index (κ3) is 4.78. The van der Waals surface area contributed by atoms with Gasteiger partial charge in [-0.1, -0.05) is 48.0 Å². The molecule has 6 rings (SSSR count). The summed E-state index contributed by atoms with van der Waals surface area (Å²) in [5, 5.41) is 13.0. The monoisotopic (exact) mass is 534 g/mol. The minimum Gasteiger partial charge on any atom is -0.478 e. The largest absolute Gasteiger partial charge is 0.478 e. The molecule has 5 nitrogen and oxygen atoms in total. The number of aromatic carboxylic acids is 1. The molecule has 2 aliphatic rings. The average molecular weight is 535 g/mol. The molecule has 0 radical (unpaired) electrons. The third-order valence-corrected chi connectivity index (χ3v) is 7.48. The SMILES string of the molecule is O=C(O)c1ccc(ON(Cc2ccc(C(F)(F)C3CC3)c(Cl)c2)c2ncc3ccccc3c2C2CC2)cc1. The lowest BCUT2D eigenvalue weighted by molar-refractivity contribution is -0.0284. The van der Waals surface area contributed by atoms with E-state index in [1.165, 1.54) is 18.2 Å². The quantitative estimate of drug-likeness (QED) is 0.221. The molecule has 0 amide bonds. The second-order valence-electron chi connectivity index (χ2n) is 10.0. The number of alkyl halides is 2. The Labute approximate surface area is 223 Å². The Morgan fingerprint density at radius 3 is 2.45 bits per heavy atom. The zero-order chi connectivity index (χ0) is 26.4. The van der Waals surface area contributed by atoms with Crippen molar-refractivity contribution in [2.75, 3.05) is 5.06 Å². The first-order valence-corrected chi connectivity index (χ1v) is 13.0. The number of anilines is 1. The van der Waals surface area contributed by atoms with Crippen LogP contribution in [0, 0.1) is 5.92 Å². The van der Waals surface area contributed by atoms with Gasteiger partial charge in [0.2, 0.25) is 0 Å². The van der Waals surface area contributed by atoms with Crippen LogP contribution in [0.3, 0.4) is 0 Å². The molecule has 0 aliphatic heterocycles. The van der Waals surface area contributed by atoms with Crippen molar-refractivity contribution in [3.05, 3.63) is 100 Å². The molecule has 2 saturated carbocycles. The molecule has 0 unspecified atom stereocenters. The first kappa shape index (κ1) is 24.6. The third-order valence-electron chi connectivity index (χ3n) is 7.17. The van der Waals surface area contributed by atoms with Crippen molar-refractivity contribution >= 4 is 34.2 Å². The van der Waals surface area contributed by atoms with Gasteiger partial charge in [0, 0.05) is 28.6 Å². The van der Waals surface area contributed by atoms with Crippen molar-refractivity contribution in [2.45, 2.75) is 44.1 Å². The summed E-state index contributed by atoms with van der Waals surface area (Å²) < 4.78 is 29.5. The van der Waals surface area contributed by atoms with Crippen LogP contribution in [0.5, 0.6) is 5.75 Å². The summed E-state index contributed by atoms with van der Waals surface area (Å²) in [6.07, 6.45) is 4.89. The zero-order valence-corrected chi connectivity index (χ0v) is 21.2. The van der Waals surface area contributed by atoms with Crippen LogP contribution in [0.15, 0.2) is 72.9 Å². The van der Waals surface area contributed by atoms with Crippen LogP contribution in [-0.4, -0.2) is 16.1 Å². The van der Waals surface area contributed by atoms with E-state index in [0.717, 1.165) is 29.2 Å². The predicted molar refractivity (Wildman–Crippen MR) is 142 cm³/mol. The number of aromatic nitrogens is 1. The summed E-state index contributed by atoms with van der Waals surface area (Å²) in [6, 6.07) is 18.8. The number of carboxylic acid groups (broad SMARTS) is 1. The molecule has 0 bridgehead atoms. The lowest BCUT2D eigenvalue weighted by Gasteiger charge is -2.27. The summed E-state index contributed by atoms with van der Waals surface area (Å²) in [6.45, 7) is 0.195. The smallest absolute Gasteiger partial charge is 0.335 e. The number of benzene rings is 3. The maximum Gasteiger partial charge on any atom is 0.335 e. The fraction of sp³-hybridized carbons (Fsp3) is 0.267. The number of hydroxylamine groups is 1. The van der Waals surface area contributed by atoms with E-state index in [0.29, 0.717) is 35.9 Å². The van der Waals surface area contributed by atoms with Gasteiger partial charge in [-0.05, 0) is 72.9 Å². The summed E-state index contributed by atoms with van der Waals surface area (Å²) in [7, 11) is 0. The molecule has 1 aromatic heterocycles. The molecule has 194 valence electrons. The summed E-state index contributed by atoms with van der Waals surface area (Å²) in [5.41, 5.74) is 1.76. The van der Waals surface area contributed by atoms with Crippen molar-refractivity contribution in [3.8, 4) is 5.75 Å². The molecule has 1 N–H and O–H groups in total. The topological polar surface area (TPSA) is 62.7 Å². The van der Waals surface area contributed by atoms with Gasteiger partial charge in [0.1, 0.15) is 0 Å². The number of hydrogen-bond donors (Lipinski definition) is 1. The Balaban J connectivity index is 1.39. The van der Waals surface area contributed by atoms with Gasteiger partial charge in [-0.15, -0.1) is 0 Å². The number of nitrogens with zero attached hydrogens (tertiary/aromatic N) is 2. The fourth-order valence-corrected chi connectivity index (χ4v) is 5.17. The molecule has 8 heteroatoms. The molecular formula is C30H25ClF2N2O3. The molecule has 2 aliphatic carbocycles. The summed E-state index contributed by atoms with van der Waals surface area (Å²) in [5.74, 6) is -3.23. The minimum atomic E-state index is -2.95. The van der Waals surface area contributed by atoms with Crippen LogP contribution in [0.4, 0.5) is 14.6 Å². The lowest BCUT2D eigenvalue weighted by atomic mass is 10.0. The number of carboxylic acids is 1. The van der Waals surface area contributed by atoms with Crippen molar-refractivity contribution in [1.82, 2.24) is 4.98 Å². The van der Waals surface area contributed by atoms with Gasteiger partial charge in [-0.25, -0.2) is 18.6 Å². The van der Waals surface area contributed by atoms with E-state index in [-0.39, 0.29) is 22.7 Å². The zero-order valence-electron chi connectivity index (χ0n) is 20.4. The predicted octanol–water partition coefficient (Wildman–Crippen LogP) is 7.97. The van der Waals surface area contributed by atoms with Crippen LogP contribution in [0.1, 0.15) is 58.6 Å². The molecule has 2 fully saturated rings. The highest BCUT2D eigenvalue weighted by Gasteiger charge is 2.49. The van der Waals surface area contributed by atoms with Gasteiger partial charge in [0.15, 0.2) is 11.6 Å². The van der Waals surface area contributed by atoms with Crippen LogP contribution in [-0.2, 0) is 12.5 Å². The van der Waals surface area contributed by atoms with E-state index >= 15 is 0 Å². The average Bonchev–Trinajstić information content (AvgIpc) is 3.81. The number of fused-ring (bicyclic) bond motifs is 1. The van der Waals surface area contributed by atoms with Gasteiger partial charge >= 0.3 is 5.97 Å². The van der Waals surface area contributed by atoms with E-state index in [4.69, 9.17) is 21.4 Å². The first-order valence-electron chi connectivity index (χ1n) is 12.6. The Morgan fingerprint density at radius 2 is 1.79 bits per heavy atom. The highest BCUT2D eigenvalue weighted by atomic mass is 35.5. The Kier molecular flexibility index (Phi) is 6.19. The van der Waals surface area contributed by atoms with Crippen LogP contribution in [0.2, 0.25) is 5.02 Å². The van der Waals surface area contributed by atoms with Crippen LogP contribution < -0.4 is 9.90 Å². The normalized spacial score (nSPS) is 15.4. The molecular weight excluding hydrogens is 510 g/mol. The number of hydrogen-bond acceptors (Lipinski definition) is 4. The van der Waals surface area contributed by atoms with E-state index < -0.39 is 17.8 Å². The molecule has 1 heterocycles. The molecule has 4 aromatic rings. The number of pyridine rings is 1. The molecule has 3 aromatic carbocycles. The fourth-order valence-electron chi connectivity index (χ4n) is 4.84. The highest BCUT2D eigenvalue weighted by molar-refractivity contribution is 6.31. The van der Waals surface area contributed by atoms with E-state index in [1.54, 1.807) is 35.5 Å². The second kappa shape index (κ2) is 9.55. The standard InChI is InChI=1S/C30H25ClF2N2O3/c31-26-15-18(5-14-25(26)30(32,33)22-10-11-22)17-35(38-23-12-8-20(9-13-23)29(36)37)28-27(19-6-7-19)24-4-2-1-3-21(24)16-34-28/h1-5,8-9,12-16,19,22H,6-7,10-11,17H2,(H,36,37). The lowest BCUT2D eigenvalue weighted by Crippen LogP contribution is -2.29. The molecule has 0 atom stereocenters. The number of carbonyl (C=O) groups is 1. The van der Waals surface area contributed by atoms with Crippen molar-refractivity contribution < 1.29 is 23.5 Å². The van der Waals surface area contributed by atoms with Gasteiger partial charge in [-0.2, -0.15) is 5.06 Å². The van der Waals surface area contributed by atoms with Crippen LogP contribution in [0.25, 0.3) is 10.8 Å². The van der Waals surface area contributed by atoms with Crippen LogP contribution >= 0.6 is 11.6 Å². The van der Waals surface area contributed by atoms with Gasteiger partial charge < -0.3 is 9.94 Å². The molecule has 0 spiro atoms. The van der Waals surface area contributed by atoms with E-state index in [9.17, 15) is 18.7 Å². The van der Waals surface area contributed by atoms with Crippen molar-refractivity contribution in [3.63, 3.8) is 0 Å². The van der Waals surface area contributed by atoms with Crippen molar-refractivity contribution in [1.29, 1.82) is 0 Å². The number of halogens is 3. The summed E-state index contributed by atoms with van der Waals surface area (Å²) >= 11 is 6.38. The highest BCUT2D eigenvalue weighted by Crippen LogP contribution is 2.51. The molecule has 0 saturated heterocycles. The number of rotatable bonds is 9. The maximum absolute atomic E-state index is 14.8. The van der Waals surface area contributed by atoms with Crippen molar-refractivity contribution in [2.24, 2.45) is 5.92 Å². The van der Waals surface area contributed by atoms with E-state index in [2.05, 4.69) is 6.07 Å². The summed E-state index contributed by atoms with van der Waals surface area (Å²) in [4.78, 5) is 22.3. The van der Waals surface area contributed by atoms with Gasteiger partial charge in [-0.3, -0.25) is 0 Å². The Hall–Kier alpha value is -3.71. The molecule has 38 heavy (non-hydrogen) atoms. The van der Waals surface area contributed by atoms with Gasteiger partial charge in [0.05, 0.1) is 17.1 Å². The first-order chi connectivity index (χ1) is 18.3. The van der Waals surface area contributed by atoms with E-state index in [1.807, 2.05) is 18.2 Å². The Morgan fingerprint density at radius 1 is 1.05 bits per heavy atom. The Bertz CT molecular complexity index is 1520. The second-order valence-corrected chi connectivity index (χ2v) is 10.4. The maximum atomic E-state index is 14.8.